The van der Waals surface area contributed by atoms with Gasteiger partial charge in [-0.2, -0.15) is 18.3 Å². The SMILES string of the molecule is CN(CCCOc1ccc(F)cc1)C(=O)c1cn(C)nc1C(F)(F)F. The normalized spacial score (nSPS) is 11.4. The van der Waals surface area contributed by atoms with Gasteiger partial charge in [0, 0.05) is 26.8 Å². The second-order valence-electron chi connectivity index (χ2n) is 5.45. The van der Waals surface area contributed by atoms with E-state index in [2.05, 4.69) is 5.10 Å². The van der Waals surface area contributed by atoms with Crippen molar-refractivity contribution in [2.75, 3.05) is 20.2 Å². The van der Waals surface area contributed by atoms with Crippen molar-refractivity contribution >= 4 is 5.91 Å². The van der Waals surface area contributed by atoms with Crippen LogP contribution in [0.25, 0.3) is 0 Å². The smallest absolute Gasteiger partial charge is 0.435 e. The zero-order valence-electron chi connectivity index (χ0n) is 13.7. The Balaban J connectivity index is 1.89. The van der Waals surface area contributed by atoms with E-state index in [1.165, 1.54) is 43.3 Å². The molecular weight excluding hydrogens is 342 g/mol. The van der Waals surface area contributed by atoms with Gasteiger partial charge in [-0.15, -0.1) is 0 Å². The third kappa shape index (κ3) is 4.94. The molecule has 25 heavy (non-hydrogen) atoms. The number of aromatic nitrogens is 2. The van der Waals surface area contributed by atoms with Crippen LogP contribution < -0.4 is 4.74 Å². The van der Waals surface area contributed by atoms with Crippen LogP contribution in [0.2, 0.25) is 0 Å². The van der Waals surface area contributed by atoms with Crippen LogP contribution >= 0.6 is 0 Å². The fourth-order valence-corrected chi connectivity index (χ4v) is 2.18. The number of hydrogen-bond acceptors (Lipinski definition) is 3. The Kier molecular flexibility index (Phi) is 5.66. The Hall–Kier alpha value is -2.58. The summed E-state index contributed by atoms with van der Waals surface area (Å²) in [4.78, 5) is 13.4. The third-order valence-corrected chi connectivity index (χ3v) is 3.39. The number of aryl methyl sites for hydroxylation is 1. The van der Waals surface area contributed by atoms with Crippen LogP contribution in [-0.4, -0.2) is 40.8 Å². The Morgan fingerprint density at radius 1 is 1.28 bits per heavy atom. The molecule has 0 saturated carbocycles. The molecule has 1 heterocycles. The summed E-state index contributed by atoms with van der Waals surface area (Å²) in [6, 6.07) is 5.45. The van der Waals surface area contributed by atoms with E-state index in [1.54, 1.807) is 0 Å². The van der Waals surface area contributed by atoms with Crippen molar-refractivity contribution in [2.24, 2.45) is 7.05 Å². The fourth-order valence-electron chi connectivity index (χ4n) is 2.18. The van der Waals surface area contributed by atoms with Gasteiger partial charge in [-0.3, -0.25) is 9.48 Å². The van der Waals surface area contributed by atoms with Gasteiger partial charge in [0.25, 0.3) is 5.91 Å². The van der Waals surface area contributed by atoms with E-state index < -0.39 is 23.3 Å². The number of amides is 1. The summed E-state index contributed by atoms with van der Waals surface area (Å²) in [6.45, 7) is 0.439. The monoisotopic (exact) mass is 359 g/mol. The van der Waals surface area contributed by atoms with Crippen LogP contribution in [-0.2, 0) is 13.2 Å². The molecule has 0 aliphatic carbocycles. The van der Waals surface area contributed by atoms with Crippen molar-refractivity contribution in [1.82, 2.24) is 14.7 Å². The average Bonchev–Trinajstić information content (AvgIpc) is 2.94. The number of ether oxygens (including phenoxy) is 1. The second-order valence-corrected chi connectivity index (χ2v) is 5.45. The van der Waals surface area contributed by atoms with Gasteiger partial charge in [0.15, 0.2) is 5.69 Å². The summed E-state index contributed by atoms with van der Waals surface area (Å²) in [6.07, 6.45) is -3.24. The minimum absolute atomic E-state index is 0.201. The first kappa shape index (κ1) is 18.8. The minimum Gasteiger partial charge on any atom is -0.494 e. The van der Waals surface area contributed by atoms with Gasteiger partial charge in [0.05, 0.1) is 12.2 Å². The lowest BCUT2D eigenvalue weighted by atomic mass is 10.2. The predicted octanol–water partition coefficient (Wildman–Crippen LogP) is 3.12. The molecule has 136 valence electrons. The average molecular weight is 359 g/mol. The van der Waals surface area contributed by atoms with Crippen LogP contribution in [0.4, 0.5) is 17.6 Å². The lowest BCUT2D eigenvalue weighted by Gasteiger charge is -2.17. The summed E-state index contributed by atoms with van der Waals surface area (Å²) >= 11 is 0. The van der Waals surface area contributed by atoms with Gasteiger partial charge < -0.3 is 9.64 Å². The van der Waals surface area contributed by atoms with E-state index in [1.807, 2.05) is 0 Å². The van der Waals surface area contributed by atoms with Gasteiger partial charge in [-0.05, 0) is 30.7 Å². The van der Waals surface area contributed by atoms with E-state index in [-0.39, 0.29) is 19.0 Å². The number of carbonyl (C=O) groups is 1. The van der Waals surface area contributed by atoms with Gasteiger partial charge in [-0.25, -0.2) is 4.39 Å². The van der Waals surface area contributed by atoms with Crippen molar-refractivity contribution in [3.8, 4) is 5.75 Å². The lowest BCUT2D eigenvalue weighted by molar-refractivity contribution is -0.141. The van der Waals surface area contributed by atoms with Crippen molar-refractivity contribution in [2.45, 2.75) is 12.6 Å². The molecule has 0 fully saturated rings. The molecule has 0 aliphatic heterocycles. The van der Waals surface area contributed by atoms with Crippen LogP contribution in [0, 0.1) is 5.82 Å². The first-order valence-corrected chi connectivity index (χ1v) is 7.43. The zero-order valence-corrected chi connectivity index (χ0v) is 13.7. The molecule has 0 bridgehead atoms. The van der Waals surface area contributed by atoms with E-state index >= 15 is 0 Å². The molecule has 0 aliphatic rings. The summed E-state index contributed by atoms with van der Waals surface area (Å²) < 4.78 is 57.8. The molecule has 9 heteroatoms. The number of rotatable bonds is 6. The second kappa shape index (κ2) is 7.54. The van der Waals surface area contributed by atoms with Crippen molar-refractivity contribution < 1.29 is 27.1 Å². The number of benzene rings is 1. The Morgan fingerprint density at radius 2 is 1.92 bits per heavy atom. The maximum Gasteiger partial charge on any atom is 0.435 e. The topological polar surface area (TPSA) is 47.4 Å². The van der Waals surface area contributed by atoms with Gasteiger partial charge in [0.2, 0.25) is 0 Å². The molecule has 5 nitrogen and oxygen atoms in total. The highest BCUT2D eigenvalue weighted by Crippen LogP contribution is 2.31. The minimum atomic E-state index is -4.70. The molecule has 0 radical (unpaired) electrons. The largest absolute Gasteiger partial charge is 0.494 e. The quantitative estimate of drug-likeness (QED) is 0.588. The molecule has 1 aromatic heterocycles. The fraction of sp³-hybridized carbons (Fsp3) is 0.375. The molecular formula is C16H17F4N3O2. The number of hydrogen-bond donors (Lipinski definition) is 0. The molecule has 2 rings (SSSR count). The summed E-state index contributed by atoms with van der Waals surface area (Å²) in [7, 11) is 2.73. The molecule has 0 atom stereocenters. The molecule has 0 spiro atoms. The van der Waals surface area contributed by atoms with Crippen molar-refractivity contribution in [3.05, 3.63) is 47.5 Å². The van der Waals surface area contributed by atoms with E-state index in [9.17, 15) is 22.4 Å². The summed E-state index contributed by atoms with van der Waals surface area (Å²) in [5.41, 5.74) is -1.69. The maximum atomic E-state index is 12.9. The number of carbonyl (C=O) groups excluding carboxylic acids is 1. The number of halogens is 4. The number of nitrogens with zero attached hydrogens (tertiary/aromatic N) is 3. The van der Waals surface area contributed by atoms with E-state index in [0.717, 1.165) is 10.9 Å². The van der Waals surface area contributed by atoms with Gasteiger partial charge in [0.1, 0.15) is 11.6 Å². The maximum absolute atomic E-state index is 12.9. The van der Waals surface area contributed by atoms with Crippen LogP contribution in [0.1, 0.15) is 22.5 Å². The molecule has 0 N–H and O–H groups in total. The molecule has 0 saturated heterocycles. The van der Waals surface area contributed by atoms with Crippen LogP contribution in [0.15, 0.2) is 30.5 Å². The lowest BCUT2D eigenvalue weighted by Crippen LogP contribution is -2.30. The zero-order chi connectivity index (χ0) is 18.6. The summed E-state index contributed by atoms with van der Waals surface area (Å²) in [5, 5.41) is 3.32. The van der Waals surface area contributed by atoms with E-state index in [0.29, 0.717) is 12.2 Å². The molecule has 0 unspecified atom stereocenters. The first-order valence-electron chi connectivity index (χ1n) is 7.43. The number of alkyl halides is 3. The third-order valence-electron chi connectivity index (χ3n) is 3.39. The highest BCUT2D eigenvalue weighted by molar-refractivity contribution is 5.95. The Labute approximate surface area is 141 Å². The van der Waals surface area contributed by atoms with E-state index in [4.69, 9.17) is 4.74 Å². The van der Waals surface area contributed by atoms with Crippen molar-refractivity contribution in [1.29, 1.82) is 0 Å². The highest BCUT2D eigenvalue weighted by Gasteiger charge is 2.39. The molecule has 1 aromatic carbocycles. The van der Waals surface area contributed by atoms with Crippen LogP contribution in [0.3, 0.4) is 0 Å². The standard InChI is InChI=1S/C16H17F4N3O2/c1-22(8-3-9-25-12-6-4-11(17)5-7-12)15(24)13-10-23(2)21-14(13)16(18,19)20/h4-7,10H,3,8-9H2,1-2H3. The van der Waals surface area contributed by atoms with Gasteiger partial charge >= 0.3 is 6.18 Å². The highest BCUT2D eigenvalue weighted by atomic mass is 19.4. The van der Waals surface area contributed by atoms with Crippen molar-refractivity contribution in [3.63, 3.8) is 0 Å². The summed E-state index contributed by atoms with van der Waals surface area (Å²) in [5.74, 6) is -0.668. The van der Waals surface area contributed by atoms with Crippen LogP contribution in [0.5, 0.6) is 5.75 Å². The predicted molar refractivity (Wildman–Crippen MR) is 81.7 cm³/mol. The van der Waals surface area contributed by atoms with Gasteiger partial charge in [-0.1, -0.05) is 0 Å². The first-order chi connectivity index (χ1) is 11.7. The molecule has 1 amide bonds. The molecule has 2 aromatic rings. The Morgan fingerprint density at radius 3 is 2.52 bits per heavy atom. The Bertz CT molecular complexity index is 726.